The summed E-state index contributed by atoms with van der Waals surface area (Å²) in [6.45, 7) is 6.20. The van der Waals surface area contributed by atoms with Gasteiger partial charge in [-0.25, -0.2) is 0 Å². The molecule has 0 amide bonds. The first-order valence-corrected chi connectivity index (χ1v) is 8.36. The van der Waals surface area contributed by atoms with Crippen molar-refractivity contribution < 1.29 is 9.47 Å². The summed E-state index contributed by atoms with van der Waals surface area (Å²) in [7, 11) is 0. The first-order valence-electron chi connectivity index (χ1n) is 7.98. The Morgan fingerprint density at radius 2 is 2.00 bits per heavy atom. The molecule has 1 aromatic rings. The van der Waals surface area contributed by atoms with Crippen LogP contribution in [0, 0.1) is 0 Å². The van der Waals surface area contributed by atoms with Crippen molar-refractivity contribution in [1.29, 1.82) is 0 Å². The van der Waals surface area contributed by atoms with Crippen LogP contribution in [0.4, 0.5) is 11.5 Å². The molecule has 22 heavy (non-hydrogen) atoms. The van der Waals surface area contributed by atoms with Gasteiger partial charge in [-0.1, -0.05) is 11.6 Å². The Kier molecular flexibility index (Phi) is 3.84. The Hall–Kier alpha value is -1.11. The molecule has 3 aliphatic heterocycles. The quantitative estimate of drug-likeness (QED) is 0.825. The van der Waals surface area contributed by atoms with E-state index in [4.69, 9.17) is 21.1 Å². The Bertz CT molecular complexity index is 546. The van der Waals surface area contributed by atoms with Crippen molar-refractivity contribution in [3.63, 3.8) is 0 Å². The summed E-state index contributed by atoms with van der Waals surface area (Å²) in [5.41, 5.74) is 0.960. The Balaban J connectivity index is 1.60. The fourth-order valence-electron chi connectivity index (χ4n) is 3.60. The zero-order chi connectivity index (χ0) is 15.1. The molecule has 1 aromatic heterocycles. The van der Waals surface area contributed by atoms with Crippen LogP contribution in [-0.4, -0.2) is 61.3 Å². The average molecular weight is 325 g/mol. The minimum Gasteiger partial charge on any atom is -0.377 e. The van der Waals surface area contributed by atoms with Gasteiger partial charge in [-0.2, -0.15) is 0 Å². The molecule has 0 radical (unpaired) electrons. The third-order valence-electron chi connectivity index (χ3n) is 4.76. The van der Waals surface area contributed by atoms with Crippen LogP contribution >= 0.6 is 11.6 Å². The number of anilines is 2. The SMILES string of the molecule is CC1COCCN1c1cc(N2CC3CCC(C2)O3)nnc1Cl. The third-order valence-corrected chi connectivity index (χ3v) is 5.03. The van der Waals surface area contributed by atoms with Crippen molar-refractivity contribution in [3.8, 4) is 0 Å². The lowest BCUT2D eigenvalue weighted by molar-refractivity contribution is 0.0302. The molecule has 0 aliphatic carbocycles. The smallest absolute Gasteiger partial charge is 0.175 e. The first kappa shape index (κ1) is 14.5. The molecule has 120 valence electrons. The number of nitrogens with zero attached hydrogens (tertiary/aromatic N) is 4. The van der Waals surface area contributed by atoms with Gasteiger partial charge in [0.05, 0.1) is 31.1 Å². The highest BCUT2D eigenvalue weighted by Crippen LogP contribution is 2.33. The van der Waals surface area contributed by atoms with Gasteiger partial charge in [0.1, 0.15) is 0 Å². The van der Waals surface area contributed by atoms with Crippen LogP contribution in [0.1, 0.15) is 19.8 Å². The van der Waals surface area contributed by atoms with Crippen molar-refractivity contribution in [1.82, 2.24) is 10.2 Å². The summed E-state index contributed by atoms with van der Waals surface area (Å²) in [4.78, 5) is 4.54. The molecular formula is C15H21ClN4O2. The molecule has 0 N–H and O–H groups in total. The van der Waals surface area contributed by atoms with E-state index in [1.807, 2.05) is 0 Å². The topological polar surface area (TPSA) is 50.7 Å². The van der Waals surface area contributed by atoms with Gasteiger partial charge in [-0.05, 0) is 19.8 Å². The summed E-state index contributed by atoms with van der Waals surface area (Å²) in [6, 6.07) is 2.37. The Labute approximate surface area is 135 Å². The summed E-state index contributed by atoms with van der Waals surface area (Å²) in [5, 5.41) is 8.96. The number of fused-ring (bicyclic) bond motifs is 2. The molecule has 3 aliphatic rings. The van der Waals surface area contributed by atoms with Crippen LogP contribution in [-0.2, 0) is 9.47 Å². The van der Waals surface area contributed by atoms with Crippen LogP contribution in [0.25, 0.3) is 0 Å². The zero-order valence-corrected chi connectivity index (χ0v) is 13.5. The minimum absolute atomic E-state index is 0.296. The average Bonchev–Trinajstić information content (AvgIpc) is 2.87. The number of hydrogen-bond donors (Lipinski definition) is 0. The molecule has 3 unspecified atom stereocenters. The van der Waals surface area contributed by atoms with Crippen molar-refractivity contribution in [3.05, 3.63) is 11.2 Å². The summed E-state index contributed by atoms with van der Waals surface area (Å²) in [5.74, 6) is 0.901. The van der Waals surface area contributed by atoms with Gasteiger partial charge in [0, 0.05) is 31.7 Å². The predicted octanol–water partition coefficient (Wildman–Crippen LogP) is 1.72. The molecule has 3 atom stereocenters. The first-order chi connectivity index (χ1) is 10.7. The van der Waals surface area contributed by atoms with Crippen molar-refractivity contribution >= 4 is 23.1 Å². The lowest BCUT2D eigenvalue weighted by Crippen LogP contribution is -2.45. The standard InChI is InChI=1S/C15H21ClN4O2/c1-10-9-21-5-4-20(10)13-6-14(17-18-15(13)16)19-7-11-2-3-12(8-19)22-11/h6,10-12H,2-5,7-9H2,1H3. The van der Waals surface area contributed by atoms with Gasteiger partial charge >= 0.3 is 0 Å². The second-order valence-corrected chi connectivity index (χ2v) is 6.72. The molecular weight excluding hydrogens is 304 g/mol. The minimum atomic E-state index is 0.296. The van der Waals surface area contributed by atoms with E-state index in [0.717, 1.165) is 57.2 Å². The van der Waals surface area contributed by atoms with Crippen LogP contribution in [0.2, 0.25) is 5.15 Å². The zero-order valence-electron chi connectivity index (χ0n) is 12.7. The summed E-state index contributed by atoms with van der Waals surface area (Å²) >= 11 is 6.30. The molecule has 2 bridgehead atoms. The maximum atomic E-state index is 6.30. The summed E-state index contributed by atoms with van der Waals surface area (Å²) in [6.07, 6.45) is 2.97. The van der Waals surface area contributed by atoms with Crippen molar-refractivity contribution in [2.75, 3.05) is 42.6 Å². The normalized spacial score (nSPS) is 31.6. The van der Waals surface area contributed by atoms with E-state index < -0.39 is 0 Å². The van der Waals surface area contributed by atoms with Crippen molar-refractivity contribution in [2.24, 2.45) is 0 Å². The van der Waals surface area contributed by atoms with Crippen LogP contribution in [0.15, 0.2) is 6.07 Å². The van der Waals surface area contributed by atoms with Crippen molar-refractivity contribution in [2.45, 2.75) is 38.0 Å². The van der Waals surface area contributed by atoms with Gasteiger partial charge in [0.15, 0.2) is 11.0 Å². The van der Waals surface area contributed by atoms with Gasteiger partial charge < -0.3 is 19.3 Å². The number of rotatable bonds is 2. The highest BCUT2D eigenvalue weighted by molar-refractivity contribution is 6.32. The Morgan fingerprint density at radius 1 is 1.23 bits per heavy atom. The summed E-state index contributed by atoms with van der Waals surface area (Å²) < 4.78 is 11.4. The molecule has 6 nitrogen and oxygen atoms in total. The number of aromatic nitrogens is 2. The van der Waals surface area contributed by atoms with E-state index in [2.05, 4.69) is 33.0 Å². The van der Waals surface area contributed by atoms with Gasteiger partial charge in [-0.3, -0.25) is 0 Å². The van der Waals surface area contributed by atoms with E-state index in [-0.39, 0.29) is 0 Å². The fourth-order valence-corrected chi connectivity index (χ4v) is 3.80. The lowest BCUT2D eigenvalue weighted by Gasteiger charge is -2.36. The number of hydrogen-bond acceptors (Lipinski definition) is 6. The van der Waals surface area contributed by atoms with Gasteiger partial charge in [0.2, 0.25) is 0 Å². The number of morpholine rings is 2. The van der Waals surface area contributed by atoms with E-state index in [1.165, 1.54) is 0 Å². The van der Waals surface area contributed by atoms with Crippen LogP contribution in [0.3, 0.4) is 0 Å². The molecule has 0 spiro atoms. The van der Waals surface area contributed by atoms with Gasteiger partial charge in [0.25, 0.3) is 0 Å². The van der Waals surface area contributed by atoms with E-state index >= 15 is 0 Å². The highest BCUT2D eigenvalue weighted by atomic mass is 35.5. The van der Waals surface area contributed by atoms with E-state index in [0.29, 0.717) is 23.4 Å². The molecule has 3 saturated heterocycles. The molecule has 4 rings (SSSR count). The Morgan fingerprint density at radius 3 is 2.73 bits per heavy atom. The van der Waals surface area contributed by atoms with E-state index in [1.54, 1.807) is 0 Å². The third kappa shape index (κ3) is 2.64. The number of halogens is 1. The fraction of sp³-hybridized carbons (Fsp3) is 0.733. The maximum absolute atomic E-state index is 6.30. The second kappa shape index (κ2) is 5.83. The number of ether oxygens (including phenoxy) is 2. The van der Waals surface area contributed by atoms with E-state index in [9.17, 15) is 0 Å². The van der Waals surface area contributed by atoms with Crippen LogP contribution < -0.4 is 9.80 Å². The highest BCUT2D eigenvalue weighted by Gasteiger charge is 2.35. The largest absolute Gasteiger partial charge is 0.377 e. The van der Waals surface area contributed by atoms with Gasteiger partial charge in [-0.15, -0.1) is 10.2 Å². The second-order valence-electron chi connectivity index (χ2n) is 6.36. The molecule has 4 heterocycles. The lowest BCUT2D eigenvalue weighted by atomic mass is 10.2. The molecule has 0 saturated carbocycles. The molecule has 3 fully saturated rings. The van der Waals surface area contributed by atoms with Crippen LogP contribution in [0.5, 0.6) is 0 Å². The maximum Gasteiger partial charge on any atom is 0.175 e. The molecule has 0 aromatic carbocycles. The monoisotopic (exact) mass is 324 g/mol. The predicted molar refractivity (Wildman–Crippen MR) is 84.8 cm³/mol. The molecule has 7 heteroatoms.